The number of nitrogens with one attached hydrogen (secondary N) is 1. The van der Waals surface area contributed by atoms with Crippen LogP contribution in [0.4, 0.5) is 13.2 Å². The van der Waals surface area contributed by atoms with Crippen LogP contribution in [0.2, 0.25) is 0 Å². The molecule has 0 radical (unpaired) electrons. The minimum Gasteiger partial charge on any atom is -0.463 e. The second kappa shape index (κ2) is 9.90. The lowest BCUT2D eigenvalue weighted by Gasteiger charge is -2.36. The van der Waals surface area contributed by atoms with Crippen molar-refractivity contribution >= 4 is 32.3 Å². The number of alkyl halides is 3. The Morgan fingerprint density at radius 3 is 2.06 bits per heavy atom. The highest BCUT2D eigenvalue weighted by molar-refractivity contribution is 8.03. The van der Waals surface area contributed by atoms with Crippen molar-refractivity contribution in [3.63, 3.8) is 0 Å². The highest BCUT2D eigenvalue weighted by atomic mass is 32.3. The summed E-state index contributed by atoms with van der Waals surface area (Å²) in [7, 11) is -11.5. The summed E-state index contributed by atoms with van der Waals surface area (Å²) in [5.41, 5.74) is -6.42. The fraction of sp³-hybridized carbons (Fsp3) is 0.895. The van der Waals surface area contributed by atoms with Gasteiger partial charge in [-0.15, -0.1) is 0 Å². The normalized spacial score (nSPS) is 29.1. The van der Waals surface area contributed by atoms with Crippen molar-refractivity contribution in [3.05, 3.63) is 0 Å². The van der Waals surface area contributed by atoms with E-state index in [1.54, 1.807) is 0 Å². The van der Waals surface area contributed by atoms with E-state index in [1.807, 2.05) is 6.92 Å². The molecule has 0 spiro atoms. The van der Waals surface area contributed by atoms with E-state index in [4.69, 9.17) is 9.47 Å². The maximum absolute atomic E-state index is 13.0. The van der Waals surface area contributed by atoms with E-state index in [0.29, 0.717) is 10.5 Å². The smallest absolute Gasteiger partial charge is 0.463 e. The molecule has 0 aromatic heterocycles. The average molecular weight is 536 g/mol. The number of sulfonamides is 1. The first-order valence-corrected chi connectivity index (χ1v) is 13.9. The Morgan fingerprint density at radius 1 is 0.941 bits per heavy atom. The zero-order valence-electron chi connectivity index (χ0n) is 18.5. The minimum atomic E-state index is -6.18. The summed E-state index contributed by atoms with van der Waals surface area (Å²) in [6.07, 6.45) is 6.66. The third kappa shape index (κ3) is 6.21. The molecule has 3 saturated carbocycles. The Bertz CT molecular complexity index is 991. The molecule has 196 valence electrons. The SMILES string of the molecule is CC1(OC(=O)C2C3CCC(C3)C2C(=O)OCCOS(=O)(=O)NS(=O)(=O)C(F)(F)F)CCCCC1. The van der Waals surface area contributed by atoms with Gasteiger partial charge in [0.2, 0.25) is 0 Å². The Morgan fingerprint density at radius 2 is 1.50 bits per heavy atom. The molecule has 2 bridgehead atoms. The van der Waals surface area contributed by atoms with Crippen molar-refractivity contribution in [2.24, 2.45) is 23.7 Å². The van der Waals surface area contributed by atoms with E-state index in [9.17, 15) is 39.6 Å². The molecule has 4 unspecified atom stereocenters. The van der Waals surface area contributed by atoms with Crippen LogP contribution in [0.25, 0.3) is 0 Å². The predicted molar refractivity (Wildman–Crippen MR) is 109 cm³/mol. The zero-order chi connectivity index (χ0) is 25.4. The summed E-state index contributed by atoms with van der Waals surface area (Å²) in [5.74, 6) is -2.74. The second-order valence-corrected chi connectivity index (χ2v) is 12.6. The molecule has 34 heavy (non-hydrogen) atoms. The molecular weight excluding hydrogens is 507 g/mol. The van der Waals surface area contributed by atoms with Gasteiger partial charge >= 0.3 is 37.8 Å². The third-order valence-electron chi connectivity index (χ3n) is 6.80. The standard InChI is InChI=1S/C19H28F3NO9S2/c1-18(7-3-2-4-8-18)32-17(25)15-13-6-5-12(11-13)14(15)16(24)30-9-10-31-34(28,29)23-33(26,27)19(20,21)22/h12-15,23H,2-11H2,1H3. The van der Waals surface area contributed by atoms with Crippen molar-refractivity contribution < 1.29 is 53.3 Å². The van der Waals surface area contributed by atoms with Crippen molar-refractivity contribution in [2.45, 2.75) is 69.4 Å². The number of hydrogen-bond donors (Lipinski definition) is 1. The van der Waals surface area contributed by atoms with Gasteiger partial charge in [-0.1, -0.05) is 10.5 Å². The van der Waals surface area contributed by atoms with Gasteiger partial charge in [-0.25, -0.2) is 8.42 Å². The van der Waals surface area contributed by atoms with E-state index in [0.717, 1.165) is 44.9 Å². The molecule has 0 aliphatic heterocycles. The van der Waals surface area contributed by atoms with Crippen LogP contribution in [-0.2, 0) is 43.6 Å². The highest BCUT2D eigenvalue weighted by Crippen LogP contribution is 2.53. The van der Waals surface area contributed by atoms with Gasteiger partial charge in [0.25, 0.3) is 0 Å². The number of carbonyl (C=O) groups excluding carboxylic acids is 2. The van der Waals surface area contributed by atoms with E-state index in [-0.39, 0.29) is 11.8 Å². The van der Waals surface area contributed by atoms with Crippen molar-refractivity contribution in [1.82, 2.24) is 4.13 Å². The van der Waals surface area contributed by atoms with Crippen LogP contribution in [-0.4, -0.2) is 53.1 Å². The van der Waals surface area contributed by atoms with Gasteiger partial charge in [0.1, 0.15) is 18.8 Å². The molecule has 0 aromatic rings. The maximum Gasteiger partial charge on any atom is 0.512 e. The average Bonchev–Trinajstić information content (AvgIpc) is 3.31. The Labute approximate surface area is 196 Å². The van der Waals surface area contributed by atoms with Gasteiger partial charge in [0.15, 0.2) is 0 Å². The summed E-state index contributed by atoms with van der Waals surface area (Å²) in [6.45, 7) is 0.303. The van der Waals surface area contributed by atoms with E-state index >= 15 is 0 Å². The van der Waals surface area contributed by atoms with Crippen LogP contribution < -0.4 is 4.13 Å². The van der Waals surface area contributed by atoms with Crippen molar-refractivity contribution in [1.29, 1.82) is 0 Å². The first-order valence-electron chi connectivity index (χ1n) is 11.0. The minimum absolute atomic E-state index is 0.0179. The predicted octanol–water partition coefficient (Wildman–Crippen LogP) is 2.16. The van der Waals surface area contributed by atoms with E-state index < -0.39 is 68.4 Å². The molecule has 0 aromatic carbocycles. The molecular formula is C19H28F3NO9S2. The molecule has 1 N–H and O–H groups in total. The van der Waals surface area contributed by atoms with Gasteiger partial charge < -0.3 is 9.47 Å². The van der Waals surface area contributed by atoms with Gasteiger partial charge in [-0.3, -0.25) is 13.8 Å². The second-order valence-electron chi connectivity index (χ2n) is 9.29. The van der Waals surface area contributed by atoms with Crippen LogP contribution in [0.3, 0.4) is 0 Å². The van der Waals surface area contributed by atoms with Crippen LogP contribution in [0.5, 0.6) is 0 Å². The number of esters is 2. The van der Waals surface area contributed by atoms with E-state index in [1.165, 1.54) is 0 Å². The number of carbonyl (C=O) groups is 2. The first kappa shape index (κ1) is 27.1. The van der Waals surface area contributed by atoms with Crippen LogP contribution in [0, 0.1) is 23.7 Å². The molecule has 3 fully saturated rings. The molecule has 3 aliphatic carbocycles. The number of rotatable bonds is 9. The molecule has 0 amide bonds. The van der Waals surface area contributed by atoms with Crippen LogP contribution in [0.1, 0.15) is 58.3 Å². The molecule has 0 heterocycles. The quantitative estimate of drug-likeness (QED) is 0.347. The number of hydrogen-bond acceptors (Lipinski definition) is 9. The topological polar surface area (TPSA) is 142 Å². The summed E-state index contributed by atoms with van der Waals surface area (Å²) in [6, 6.07) is 0. The van der Waals surface area contributed by atoms with Crippen molar-refractivity contribution in [2.75, 3.05) is 13.2 Å². The largest absolute Gasteiger partial charge is 0.512 e. The summed E-state index contributed by atoms with van der Waals surface area (Å²) < 4.78 is 97.0. The fourth-order valence-electron chi connectivity index (χ4n) is 5.27. The highest BCUT2D eigenvalue weighted by Gasteiger charge is 2.56. The van der Waals surface area contributed by atoms with Crippen LogP contribution in [0.15, 0.2) is 0 Å². The van der Waals surface area contributed by atoms with Gasteiger partial charge in [-0.05, 0) is 63.7 Å². The molecule has 4 atom stereocenters. The monoisotopic (exact) mass is 535 g/mol. The van der Waals surface area contributed by atoms with Crippen molar-refractivity contribution in [3.8, 4) is 0 Å². The Balaban J connectivity index is 1.54. The molecule has 3 aliphatic rings. The Kier molecular flexibility index (Phi) is 7.90. The lowest BCUT2D eigenvalue weighted by molar-refractivity contribution is -0.175. The lowest BCUT2D eigenvalue weighted by atomic mass is 9.79. The molecule has 3 rings (SSSR count). The first-order chi connectivity index (χ1) is 15.6. The molecule has 10 nitrogen and oxygen atoms in total. The number of fused-ring (bicyclic) bond motifs is 2. The van der Waals surface area contributed by atoms with Gasteiger partial charge in [0, 0.05) is 0 Å². The molecule has 15 heteroatoms. The van der Waals surface area contributed by atoms with Crippen LogP contribution >= 0.6 is 0 Å². The summed E-state index contributed by atoms with van der Waals surface area (Å²) in [4.78, 5) is 25.7. The molecule has 0 saturated heterocycles. The van der Waals surface area contributed by atoms with E-state index in [2.05, 4.69) is 4.18 Å². The summed E-state index contributed by atoms with van der Waals surface area (Å²) >= 11 is 0. The Hall–Kier alpha value is -1.45. The number of ether oxygens (including phenoxy) is 2. The fourth-order valence-corrected chi connectivity index (χ4v) is 7.20. The zero-order valence-corrected chi connectivity index (χ0v) is 20.1. The summed E-state index contributed by atoms with van der Waals surface area (Å²) in [5, 5.41) is 0. The third-order valence-corrected chi connectivity index (χ3v) is 9.58. The number of halogens is 3. The lowest BCUT2D eigenvalue weighted by Crippen LogP contribution is -2.42. The van der Waals surface area contributed by atoms with Gasteiger partial charge in [0.05, 0.1) is 11.8 Å². The van der Waals surface area contributed by atoms with Gasteiger partial charge in [-0.2, -0.15) is 21.6 Å². The maximum atomic E-state index is 13.0.